The molecule has 102 valence electrons. The second-order valence-corrected chi connectivity index (χ2v) is 5.21. The summed E-state index contributed by atoms with van der Waals surface area (Å²) >= 11 is 0. The van der Waals surface area contributed by atoms with Crippen molar-refractivity contribution in [1.29, 1.82) is 0 Å². The van der Waals surface area contributed by atoms with E-state index in [9.17, 15) is 14.7 Å². The van der Waals surface area contributed by atoms with Gasteiger partial charge in [0, 0.05) is 6.61 Å². The van der Waals surface area contributed by atoms with Gasteiger partial charge in [-0.05, 0) is 44.9 Å². The van der Waals surface area contributed by atoms with Gasteiger partial charge in [-0.25, -0.2) is 0 Å². The minimum atomic E-state index is -1.07. The van der Waals surface area contributed by atoms with Crippen molar-refractivity contribution in [2.24, 2.45) is 11.8 Å². The summed E-state index contributed by atoms with van der Waals surface area (Å²) in [5, 5.41) is 9.24. The molecule has 18 heavy (non-hydrogen) atoms. The first-order valence-corrected chi connectivity index (χ1v) is 6.61. The van der Waals surface area contributed by atoms with E-state index in [2.05, 4.69) is 0 Å². The maximum Gasteiger partial charge on any atom is 0.320 e. The fourth-order valence-electron chi connectivity index (χ4n) is 3.00. The van der Waals surface area contributed by atoms with Gasteiger partial charge in [-0.3, -0.25) is 9.59 Å². The Labute approximate surface area is 106 Å². The SMILES string of the molecule is CCOC(=O)C(C(=O)O)C1CCOC2(CCC2)C1. The number of hydrogen-bond donors (Lipinski definition) is 1. The Kier molecular flexibility index (Phi) is 3.90. The summed E-state index contributed by atoms with van der Waals surface area (Å²) in [6, 6.07) is 0. The number of rotatable bonds is 4. The second-order valence-electron chi connectivity index (χ2n) is 5.21. The average molecular weight is 256 g/mol. The van der Waals surface area contributed by atoms with Crippen molar-refractivity contribution >= 4 is 11.9 Å². The fraction of sp³-hybridized carbons (Fsp3) is 0.846. The van der Waals surface area contributed by atoms with Crippen LogP contribution >= 0.6 is 0 Å². The molecule has 2 fully saturated rings. The van der Waals surface area contributed by atoms with Gasteiger partial charge in [0.1, 0.15) is 0 Å². The van der Waals surface area contributed by atoms with Crippen LogP contribution in [0.1, 0.15) is 39.0 Å². The molecular formula is C13H20O5. The third-order valence-electron chi connectivity index (χ3n) is 4.07. The van der Waals surface area contributed by atoms with Crippen molar-refractivity contribution in [3.8, 4) is 0 Å². The lowest BCUT2D eigenvalue weighted by atomic mass is 9.69. The van der Waals surface area contributed by atoms with Crippen LogP contribution in [0.5, 0.6) is 0 Å². The molecule has 1 spiro atoms. The summed E-state index contributed by atoms with van der Waals surface area (Å²) in [6.07, 6.45) is 4.39. The molecule has 5 nitrogen and oxygen atoms in total. The quantitative estimate of drug-likeness (QED) is 0.611. The number of carbonyl (C=O) groups excluding carboxylic acids is 1. The third kappa shape index (κ3) is 2.51. The van der Waals surface area contributed by atoms with Crippen molar-refractivity contribution < 1.29 is 24.2 Å². The lowest BCUT2D eigenvalue weighted by Gasteiger charge is -2.47. The van der Waals surface area contributed by atoms with E-state index < -0.39 is 17.9 Å². The van der Waals surface area contributed by atoms with Crippen molar-refractivity contribution in [2.45, 2.75) is 44.6 Å². The molecule has 0 aromatic rings. The topological polar surface area (TPSA) is 72.8 Å². The van der Waals surface area contributed by atoms with Crippen molar-refractivity contribution in [3.63, 3.8) is 0 Å². The van der Waals surface area contributed by atoms with E-state index in [1.807, 2.05) is 0 Å². The predicted molar refractivity (Wildman–Crippen MR) is 63.0 cm³/mol. The van der Waals surface area contributed by atoms with Crippen LogP contribution in [-0.4, -0.2) is 35.9 Å². The summed E-state index contributed by atoms with van der Waals surface area (Å²) in [4.78, 5) is 23.0. The fourth-order valence-corrected chi connectivity index (χ4v) is 3.00. The van der Waals surface area contributed by atoms with Crippen LogP contribution in [-0.2, 0) is 19.1 Å². The number of esters is 1. The van der Waals surface area contributed by atoms with Crippen molar-refractivity contribution in [2.75, 3.05) is 13.2 Å². The van der Waals surface area contributed by atoms with Gasteiger partial charge >= 0.3 is 11.9 Å². The molecular weight excluding hydrogens is 236 g/mol. The molecule has 2 unspecified atom stereocenters. The largest absolute Gasteiger partial charge is 0.481 e. The highest BCUT2D eigenvalue weighted by atomic mass is 16.5. The van der Waals surface area contributed by atoms with Gasteiger partial charge in [0.25, 0.3) is 0 Å². The molecule has 0 amide bonds. The second kappa shape index (κ2) is 5.26. The number of carbonyl (C=O) groups is 2. The van der Waals surface area contributed by atoms with Gasteiger partial charge in [0.15, 0.2) is 5.92 Å². The third-order valence-corrected chi connectivity index (χ3v) is 4.07. The molecule has 2 rings (SSSR count). The van der Waals surface area contributed by atoms with Crippen LogP contribution < -0.4 is 0 Å². The zero-order chi connectivity index (χ0) is 13.2. The van der Waals surface area contributed by atoms with E-state index >= 15 is 0 Å². The van der Waals surface area contributed by atoms with Crippen LogP contribution in [0.3, 0.4) is 0 Å². The molecule has 1 saturated carbocycles. The van der Waals surface area contributed by atoms with Gasteiger partial charge in [-0.1, -0.05) is 0 Å². The van der Waals surface area contributed by atoms with Crippen LogP contribution in [0.2, 0.25) is 0 Å². The average Bonchev–Trinajstić information content (AvgIpc) is 2.27. The Morgan fingerprint density at radius 1 is 1.50 bits per heavy atom. The van der Waals surface area contributed by atoms with Crippen LogP contribution in [0.25, 0.3) is 0 Å². The maximum absolute atomic E-state index is 11.8. The zero-order valence-corrected chi connectivity index (χ0v) is 10.7. The minimum Gasteiger partial charge on any atom is -0.481 e. The Hall–Kier alpha value is -1.10. The lowest BCUT2D eigenvalue weighted by Crippen LogP contribution is -2.49. The highest BCUT2D eigenvalue weighted by Gasteiger charge is 2.47. The highest BCUT2D eigenvalue weighted by Crippen LogP contribution is 2.46. The van der Waals surface area contributed by atoms with Gasteiger partial charge in [0.05, 0.1) is 12.2 Å². The monoisotopic (exact) mass is 256 g/mol. The molecule has 1 saturated heterocycles. The first-order chi connectivity index (χ1) is 8.58. The van der Waals surface area contributed by atoms with E-state index in [1.165, 1.54) is 0 Å². The Morgan fingerprint density at radius 3 is 2.72 bits per heavy atom. The van der Waals surface area contributed by atoms with E-state index in [0.717, 1.165) is 19.3 Å². The van der Waals surface area contributed by atoms with Crippen molar-refractivity contribution in [1.82, 2.24) is 0 Å². The highest BCUT2D eigenvalue weighted by molar-refractivity contribution is 5.94. The van der Waals surface area contributed by atoms with Crippen molar-refractivity contribution in [3.05, 3.63) is 0 Å². The molecule has 1 N–H and O–H groups in total. The molecule has 0 bridgehead atoms. The Balaban J connectivity index is 2.05. The number of carboxylic acids is 1. The summed E-state index contributed by atoms with van der Waals surface area (Å²) in [5.41, 5.74) is -0.150. The van der Waals surface area contributed by atoms with Gasteiger partial charge < -0.3 is 14.6 Å². The predicted octanol–water partition coefficient (Wildman–Crippen LogP) is 1.60. The smallest absolute Gasteiger partial charge is 0.320 e. The van der Waals surface area contributed by atoms with Crippen LogP contribution in [0, 0.1) is 11.8 Å². The number of ether oxygens (including phenoxy) is 2. The lowest BCUT2D eigenvalue weighted by molar-refractivity contribution is -0.175. The number of aliphatic carboxylic acids is 1. The van der Waals surface area contributed by atoms with Gasteiger partial charge in [-0.15, -0.1) is 0 Å². The first-order valence-electron chi connectivity index (χ1n) is 6.61. The van der Waals surface area contributed by atoms with E-state index in [1.54, 1.807) is 6.92 Å². The Morgan fingerprint density at radius 2 is 2.22 bits per heavy atom. The first kappa shape index (κ1) is 13.3. The van der Waals surface area contributed by atoms with Crippen LogP contribution in [0.4, 0.5) is 0 Å². The number of carboxylic acid groups (broad SMARTS) is 1. The molecule has 1 heterocycles. The zero-order valence-electron chi connectivity index (χ0n) is 10.7. The van der Waals surface area contributed by atoms with E-state index in [0.29, 0.717) is 19.4 Å². The molecule has 0 radical (unpaired) electrons. The molecule has 2 atom stereocenters. The van der Waals surface area contributed by atoms with Crippen LogP contribution in [0.15, 0.2) is 0 Å². The molecule has 0 aromatic heterocycles. The normalized spacial score (nSPS) is 27.3. The summed E-state index contributed by atoms with van der Waals surface area (Å²) in [5.74, 6) is -2.87. The molecule has 5 heteroatoms. The molecule has 0 aromatic carbocycles. The summed E-state index contributed by atoms with van der Waals surface area (Å²) < 4.78 is 10.6. The Bertz CT molecular complexity index is 334. The maximum atomic E-state index is 11.8. The molecule has 1 aliphatic heterocycles. The minimum absolute atomic E-state index is 0.150. The van der Waals surface area contributed by atoms with Gasteiger partial charge in [-0.2, -0.15) is 0 Å². The van der Waals surface area contributed by atoms with E-state index in [4.69, 9.17) is 9.47 Å². The standard InChI is InChI=1S/C13H20O5/c1-2-17-12(16)10(11(14)15)9-4-7-18-13(8-9)5-3-6-13/h9-10H,2-8H2,1H3,(H,14,15). The summed E-state index contributed by atoms with van der Waals surface area (Å²) in [6.45, 7) is 2.46. The number of hydrogen-bond acceptors (Lipinski definition) is 4. The molecule has 2 aliphatic rings. The van der Waals surface area contributed by atoms with Gasteiger partial charge in [0.2, 0.25) is 0 Å². The molecule has 1 aliphatic carbocycles. The van der Waals surface area contributed by atoms with E-state index in [-0.39, 0.29) is 18.1 Å². The summed E-state index contributed by atoms with van der Waals surface area (Å²) in [7, 11) is 0.